The minimum Gasteiger partial charge on any atom is -0.462 e. The summed E-state index contributed by atoms with van der Waals surface area (Å²) in [5.41, 5.74) is 0.720. The number of nitrogens with zero attached hydrogens (tertiary/aromatic N) is 2. The van der Waals surface area contributed by atoms with Gasteiger partial charge in [-0.1, -0.05) is 6.07 Å². The zero-order valence-electron chi connectivity index (χ0n) is 8.64. The highest BCUT2D eigenvalue weighted by Gasteiger charge is 2.19. The number of hydrogen-bond acceptors (Lipinski definition) is 4. The fourth-order valence-electron chi connectivity index (χ4n) is 1.05. The first-order chi connectivity index (χ1) is 7.15. The van der Waals surface area contributed by atoms with Gasteiger partial charge in [0.15, 0.2) is 0 Å². The molecule has 0 saturated carbocycles. The predicted octanol–water partition coefficient (Wildman–Crippen LogP) is 0.213. The summed E-state index contributed by atoms with van der Waals surface area (Å²) in [6, 6.07) is 5.38. The molecule has 1 aromatic rings. The average Bonchev–Trinajstić information content (AvgIpc) is 2.28. The summed E-state index contributed by atoms with van der Waals surface area (Å²) in [5, 5.41) is 0. The number of hydrogen-bond donors (Lipinski definition) is 0. The number of ether oxygens (including phenoxy) is 1. The lowest BCUT2D eigenvalue weighted by atomic mass is 10.3. The van der Waals surface area contributed by atoms with Gasteiger partial charge in [0.2, 0.25) is 0 Å². The van der Waals surface area contributed by atoms with Gasteiger partial charge >= 0.3 is 11.9 Å². The number of aromatic nitrogens is 1. The summed E-state index contributed by atoms with van der Waals surface area (Å²) >= 11 is 0. The molecule has 0 aliphatic carbocycles. The molecule has 80 valence electrons. The molecule has 15 heavy (non-hydrogen) atoms. The highest BCUT2D eigenvalue weighted by atomic mass is 16.5. The first-order valence-corrected chi connectivity index (χ1v) is 4.38. The minimum absolute atomic E-state index is 0.286. The van der Waals surface area contributed by atoms with Crippen LogP contribution in [0.4, 0.5) is 0 Å². The van der Waals surface area contributed by atoms with E-state index >= 15 is 0 Å². The molecule has 0 saturated heterocycles. The molecule has 1 aromatic heterocycles. The number of methoxy groups -OCH3 is 1. The lowest BCUT2D eigenvalue weighted by Gasteiger charge is -2.14. The van der Waals surface area contributed by atoms with Crippen LogP contribution in [0.1, 0.15) is 5.69 Å². The van der Waals surface area contributed by atoms with Crippen molar-refractivity contribution in [1.82, 2.24) is 9.88 Å². The van der Waals surface area contributed by atoms with E-state index in [9.17, 15) is 9.59 Å². The molecule has 0 fully saturated rings. The van der Waals surface area contributed by atoms with Crippen LogP contribution in [0, 0.1) is 0 Å². The monoisotopic (exact) mass is 208 g/mol. The minimum atomic E-state index is -0.867. The Morgan fingerprint density at radius 3 is 2.73 bits per heavy atom. The molecule has 0 aliphatic heterocycles. The van der Waals surface area contributed by atoms with E-state index < -0.39 is 11.9 Å². The van der Waals surface area contributed by atoms with E-state index in [1.165, 1.54) is 19.1 Å². The SMILES string of the molecule is COC(=O)C(=O)N(C)Cc1ccccn1. The summed E-state index contributed by atoms with van der Waals surface area (Å²) in [6.45, 7) is 0.286. The van der Waals surface area contributed by atoms with E-state index in [4.69, 9.17) is 0 Å². The normalized spacial score (nSPS) is 9.47. The van der Waals surface area contributed by atoms with Crippen molar-refractivity contribution < 1.29 is 14.3 Å². The van der Waals surface area contributed by atoms with Crippen molar-refractivity contribution in [2.75, 3.05) is 14.2 Å². The summed E-state index contributed by atoms with van der Waals surface area (Å²) < 4.78 is 4.32. The molecule has 0 radical (unpaired) electrons. The summed E-state index contributed by atoms with van der Waals surface area (Å²) in [5.74, 6) is -1.54. The van der Waals surface area contributed by atoms with Gasteiger partial charge in [-0.25, -0.2) is 4.79 Å². The van der Waals surface area contributed by atoms with E-state index in [1.807, 2.05) is 6.07 Å². The molecule has 0 aliphatic rings. The number of pyridine rings is 1. The molecule has 1 rings (SSSR count). The Kier molecular flexibility index (Phi) is 3.79. The quantitative estimate of drug-likeness (QED) is 0.515. The molecule has 1 heterocycles. The molecule has 5 nitrogen and oxygen atoms in total. The lowest BCUT2D eigenvalue weighted by Crippen LogP contribution is -2.33. The number of likely N-dealkylation sites (N-methyl/N-ethyl adjacent to an activating group) is 1. The van der Waals surface area contributed by atoms with Gasteiger partial charge in [0.1, 0.15) is 0 Å². The second-order valence-corrected chi connectivity index (χ2v) is 2.97. The van der Waals surface area contributed by atoms with Gasteiger partial charge < -0.3 is 9.64 Å². The molecule has 0 spiro atoms. The van der Waals surface area contributed by atoms with E-state index in [-0.39, 0.29) is 6.54 Å². The Morgan fingerprint density at radius 1 is 1.47 bits per heavy atom. The number of carbonyl (C=O) groups is 2. The van der Waals surface area contributed by atoms with Crippen molar-refractivity contribution in [3.63, 3.8) is 0 Å². The third kappa shape index (κ3) is 3.05. The molecular formula is C10H12N2O3. The lowest BCUT2D eigenvalue weighted by molar-refractivity contribution is -0.157. The molecule has 0 aromatic carbocycles. The van der Waals surface area contributed by atoms with Crippen molar-refractivity contribution in [3.05, 3.63) is 30.1 Å². The van der Waals surface area contributed by atoms with Crippen LogP contribution in [-0.2, 0) is 20.9 Å². The summed E-state index contributed by atoms with van der Waals surface area (Å²) in [4.78, 5) is 27.5. The number of carbonyl (C=O) groups excluding carboxylic acids is 2. The molecular weight excluding hydrogens is 196 g/mol. The van der Waals surface area contributed by atoms with Gasteiger partial charge in [-0.05, 0) is 12.1 Å². The molecule has 0 atom stereocenters. The Balaban J connectivity index is 2.60. The Hall–Kier alpha value is -1.91. The molecule has 0 N–H and O–H groups in total. The van der Waals surface area contributed by atoms with Gasteiger partial charge in [-0.15, -0.1) is 0 Å². The first kappa shape index (κ1) is 11.2. The molecule has 1 amide bonds. The number of esters is 1. The van der Waals surface area contributed by atoms with Crippen molar-refractivity contribution in [2.24, 2.45) is 0 Å². The van der Waals surface area contributed by atoms with Gasteiger partial charge in [0.25, 0.3) is 0 Å². The Morgan fingerprint density at radius 2 is 2.20 bits per heavy atom. The van der Waals surface area contributed by atoms with Crippen LogP contribution in [0.3, 0.4) is 0 Å². The fraction of sp³-hybridized carbons (Fsp3) is 0.300. The first-order valence-electron chi connectivity index (χ1n) is 4.38. The smallest absolute Gasteiger partial charge is 0.396 e. The number of amides is 1. The van der Waals surface area contributed by atoms with Crippen LogP contribution in [0.25, 0.3) is 0 Å². The molecule has 0 bridgehead atoms. The van der Waals surface area contributed by atoms with E-state index in [0.29, 0.717) is 0 Å². The zero-order valence-corrected chi connectivity index (χ0v) is 8.64. The van der Waals surface area contributed by atoms with Crippen LogP contribution in [-0.4, -0.2) is 35.9 Å². The van der Waals surface area contributed by atoms with E-state index in [0.717, 1.165) is 5.69 Å². The summed E-state index contributed by atoms with van der Waals surface area (Å²) in [6.07, 6.45) is 1.63. The van der Waals surface area contributed by atoms with Crippen LogP contribution in [0.2, 0.25) is 0 Å². The second kappa shape index (κ2) is 5.09. The van der Waals surface area contributed by atoms with Crippen molar-refractivity contribution in [3.8, 4) is 0 Å². The fourth-order valence-corrected chi connectivity index (χ4v) is 1.05. The van der Waals surface area contributed by atoms with Gasteiger partial charge in [0, 0.05) is 13.2 Å². The van der Waals surface area contributed by atoms with Gasteiger partial charge in [0.05, 0.1) is 19.3 Å². The zero-order chi connectivity index (χ0) is 11.3. The van der Waals surface area contributed by atoms with Crippen LogP contribution >= 0.6 is 0 Å². The van der Waals surface area contributed by atoms with E-state index in [1.54, 1.807) is 18.3 Å². The van der Waals surface area contributed by atoms with Gasteiger partial charge in [-0.2, -0.15) is 0 Å². The average molecular weight is 208 g/mol. The molecule has 0 unspecified atom stereocenters. The maximum absolute atomic E-state index is 11.3. The third-order valence-electron chi connectivity index (χ3n) is 1.83. The van der Waals surface area contributed by atoms with Gasteiger partial charge in [-0.3, -0.25) is 9.78 Å². The van der Waals surface area contributed by atoms with Crippen LogP contribution in [0.5, 0.6) is 0 Å². The highest BCUT2D eigenvalue weighted by Crippen LogP contribution is 1.99. The number of rotatable bonds is 2. The molecule has 5 heteroatoms. The Labute approximate surface area is 87.7 Å². The highest BCUT2D eigenvalue weighted by molar-refractivity contribution is 6.32. The van der Waals surface area contributed by atoms with Crippen LogP contribution in [0.15, 0.2) is 24.4 Å². The van der Waals surface area contributed by atoms with Crippen LogP contribution < -0.4 is 0 Å². The largest absolute Gasteiger partial charge is 0.462 e. The summed E-state index contributed by atoms with van der Waals surface area (Å²) in [7, 11) is 2.70. The second-order valence-electron chi connectivity index (χ2n) is 2.97. The van der Waals surface area contributed by atoms with E-state index in [2.05, 4.69) is 9.72 Å². The van der Waals surface area contributed by atoms with Crippen molar-refractivity contribution >= 4 is 11.9 Å². The predicted molar refractivity (Wildman–Crippen MR) is 52.7 cm³/mol. The maximum atomic E-state index is 11.3. The Bertz CT molecular complexity index is 351. The standard InChI is InChI=1S/C10H12N2O3/c1-12(9(13)10(14)15-2)7-8-5-3-4-6-11-8/h3-6H,7H2,1-2H3. The third-order valence-corrected chi connectivity index (χ3v) is 1.83. The maximum Gasteiger partial charge on any atom is 0.396 e. The van der Waals surface area contributed by atoms with Crippen molar-refractivity contribution in [1.29, 1.82) is 0 Å². The van der Waals surface area contributed by atoms with Crippen molar-refractivity contribution in [2.45, 2.75) is 6.54 Å². The topological polar surface area (TPSA) is 59.5 Å².